The van der Waals surface area contributed by atoms with Crippen molar-refractivity contribution in [2.24, 2.45) is 5.73 Å². The van der Waals surface area contributed by atoms with E-state index in [9.17, 15) is 9.59 Å². The maximum Gasteiger partial charge on any atom is 0.263 e. The molecule has 1 amide bonds. The predicted octanol–water partition coefficient (Wildman–Crippen LogP) is 2.06. The maximum absolute atomic E-state index is 13.0. The quantitative estimate of drug-likeness (QED) is 0.585. The molecule has 2 atom stereocenters. The molecule has 1 aliphatic carbocycles. The topological polar surface area (TPSA) is 106 Å². The standard InChI is InChI=1S/C23H32N6O2/c1-28-11-13-29(14-12-28)19-7-5-17(6-8-19)27-23(31)21-20(9-10-25-22(21)30)26-18-4-2-3-16(24)15-18/h5-10,16,18H,2-4,11-15,24H2,1H3,(H,27,31)(H2,25,26,30). The number of aromatic amines is 1. The van der Waals surface area contributed by atoms with Crippen LogP contribution in [0.4, 0.5) is 17.1 Å². The highest BCUT2D eigenvalue weighted by molar-refractivity contribution is 6.07. The number of nitrogens with one attached hydrogen (secondary N) is 3. The number of benzene rings is 1. The van der Waals surface area contributed by atoms with Crippen LogP contribution in [0, 0.1) is 0 Å². The summed E-state index contributed by atoms with van der Waals surface area (Å²) in [5.41, 5.74) is 8.14. The first-order chi connectivity index (χ1) is 15.0. The van der Waals surface area contributed by atoms with Crippen molar-refractivity contribution in [1.82, 2.24) is 9.88 Å². The number of hydrogen-bond donors (Lipinski definition) is 4. The lowest BCUT2D eigenvalue weighted by Gasteiger charge is -2.34. The molecule has 0 radical (unpaired) electrons. The molecule has 1 aromatic heterocycles. The summed E-state index contributed by atoms with van der Waals surface area (Å²) in [6.45, 7) is 4.05. The lowest BCUT2D eigenvalue weighted by Crippen LogP contribution is -2.44. The molecule has 4 rings (SSSR count). The Morgan fingerprint density at radius 3 is 2.55 bits per heavy atom. The molecule has 1 saturated heterocycles. The number of nitrogens with zero attached hydrogens (tertiary/aromatic N) is 2. The van der Waals surface area contributed by atoms with Crippen LogP contribution in [0.25, 0.3) is 0 Å². The third-order valence-electron chi connectivity index (χ3n) is 6.26. The van der Waals surface area contributed by atoms with Gasteiger partial charge in [-0.3, -0.25) is 9.59 Å². The van der Waals surface area contributed by atoms with E-state index in [0.29, 0.717) is 11.4 Å². The van der Waals surface area contributed by atoms with Crippen LogP contribution in [0.5, 0.6) is 0 Å². The van der Waals surface area contributed by atoms with Crippen LogP contribution in [0.2, 0.25) is 0 Å². The third-order valence-corrected chi connectivity index (χ3v) is 6.26. The lowest BCUT2D eigenvalue weighted by molar-refractivity contribution is 0.102. The Morgan fingerprint density at radius 1 is 1.10 bits per heavy atom. The van der Waals surface area contributed by atoms with E-state index in [-0.39, 0.29) is 17.6 Å². The van der Waals surface area contributed by atoms with Gasteiger partial charge in [-0.25, -0.2) is 0 Å². The minimum atomic E-state index is -0.420. The molecule has 2 unspecified atom stereocenters. The van der Waals surface area contributed by atoms with Crippen LogP contribution in [0.15, 0.2) is 41.3 Å². The van der Waals surface area contributed by atoms with E-state index in [2.05, 4.69) is 32.5 Å². The van der Waals surface area contributed by atoms with Crippen LogP contribution in [-0.4, -0.2) is 61.1 Å². The average Bonchev–Trinajstić information content (AvgIpc) is 2.75. The fourth-order valence-electron chi connectivity index (χ4n) is 4.42. The molecule has 166 valence electrons. The van der Waals surface area contributed by atoms with E-state index < -0.39 is 11.5 Å². The first-order valence-electron chi connectivity index (χ1n) is 11.1. The van der Waals surface area contributed by atoms with Gasteiger partial charge in [-0.05, 0) is 63.1 Å². The highest BCUT2D eigenvalue weighted by Gasteiger charge is 2.23. The second kappa shape index (κ2) is 9.53. The fourth-order valence-corrected chi connectivity index (χ4v) is 4.42. The third kappa shape index (κ3) is 5.26. The lowest BCUT2D eigenvalue weighted by atomic mass is 9.91. The highest BCUT2D eigenvalue weighted by atomic mass is 16.2. The number of piperazine rings is 1. The summed E-state index contributed by atoms with van der Waals surface area (Å²) < 4.78 is 0. The van der Waals surface area contributed by atoms with Gasteiger partial charge >= 0.3 is 0 Å². The van der Waals surface area contributed by atoms with Crippen molar-refractivity contribution in [2.45, 2.75) is 37.8 Å². The van der Waals surface area contributed by atoms with E-state index in [1.54, 1.807) is 12.3 Å². The van der Waals surface area contributed by atoms with Crippen LogP contribution in [-0.2, 0) is 0 Å². The Bertz CT molecular complexity index is 949. The molecule has 31 heavy (non-hydrogen) atoms. The minimum Gasteiger partial charge on any atom is -0.381 e. The van der Waals surface area contributed by atoms with Crippen molar-refractivity contribution in [1.29, 1.82) is 0 Å². The van der Waals surface area contributed by atoms with Gasteiger partial charge in [-0.2, -0.15) is 0 Å². The summed E-state index contributed by atoms with van der Waals surface area (Å²) in [5, 5.41) is 6.24. The number of carbonyl (C=O) groups excluding carboxylic acids is 1. The minimum absolute atomic E-state index is 0.102. The molecule has 1 aliphatic heterocycles. The Morgan fingerprint density at radius 2 is 1.84 bits per heavy atom. The van der Waals surface area contributed by atoms with Gasteiger partial charge in [0.25, 0.3) is 11.5 Å². The summed E-state index contributed by atoms with van der Waals surface area (Å²) in [6.07, 6.45) is 5.44. The molecule has 2 aliphatic rings. The zero-order chi connectivity index (χ0) is 21.8. The molecule has 8 heteroatoms. The van der Waals surface area contributed by atoms with E-state index in [0.717, 1.165) is 57.5 Å². The first kappa shape index (κ1) is 21.4. The molecule has 2 heterocycles. The van der Waals surface area contributed by atoms with Crippen LogP contribution >= 0.6 is 0 Å². The number of carbonyl (C=O) groups is 1. The number of aromatic nitrogens is 1. The molecule has 1 saturated carbocycles. The number of pyridine rings is 1. The predicted molar refractivity (Wildman–Crippen MR) is 125 cm³/mol. The zero-order valence-electron chi connectivity index (χ0n) is 18.1. The van der Waals surface area contributed by atoms with Gasteiger partial charge in [0.15, 0.2) is 0 Å². The van der Waals surface area contributed by atoms with Crippen molar-refractivity contribution < 1.29 is 4.79 Å². The number of amides is 1. The Labute approximate surface area is 182 Å². The number of hydrogen-bond acceptors (Lipinski definition) is 6. The summed E-state index contributed by atoms with van der Waals surface area (Å²) in [7, 11) is 2.13. The number of rotatable bonds is 5. The van der Waals surface area contributed by atoms with Crippen LogP contribution < -0.4 is 26.8 Å². The van der Waals surface area contributed by atoms with Crippen LogP contribution in [0.3, 0.4) is 0 Å². The maximum atomic E-state index is 13.0. The molecule has 1 aromatic carbocycles. The van der Waals surface area contributed by atoms with Crippen molar-refractivity contribution in [3.63, 3.8) is 0 Å². The highest BCUT2D eigenvalue weighted by Crippen LogP contribution is 2.23. The second-order valence-corrected chi connectivity index (χ2v) is 8.65. The molecular weight excluding hydrogens is 392 g/mol. The Hall–Kier alpha value is -2.84. The zero-order valence-corrected chi connectivity index (χ0v) is 18.1. The summed E-state index contributed by atoms with van der Waals surface area (Å²) in [6, 6.07) is 9.86. The monoisotopic (exact) mass is 424 g/mol. The van der Waals surface area contributed by atoms with Gasteiger partial charge in [-0.1, -0.05) is 0 Å². The van der Waals surface area contributed by atoms with Gasteiger partial charge in [0.2, 0.25) is 0 Å². The van der Waals surface area contributed by atoms with E-state index in [4.69, 9.17) is 5.73 Å². The normalized spacial score (nSPS) is 22.2. The number of anilines is 3. The summed E-state index contributed by atoms with van der Waals surface area (Å²) in [5.74, 6) is -0.420. The van der Waals surface area contributed by atoms with Crippen molar-refractivity contribution in [3.05, 3.63) is 52.4 Å². The number of H-pyrrole nitrogens is 1. The molecule has 5 N–H and O–H groups in total. The van der Waals surface area contributed by atoms with Crippen molar-refractivity contribution >= 4 is 23.0 Å². The first-order valence-corrected chi connectivity index (χ1v) is 11.1. The van der Waals surface area contributed by atoms with Crippen molar-refractivity contribution in [3.8, 4) is 0 Å². The molecule has 2 aromatic rings. The van der Waals surface area contributed by atoms with Gasteiger partial charge in [0.05, 0.1) is 5.69 Å². The van der Waals surface area contributed by atoms with E-state index in [1.807, 2.05) is 24.3 Å². The van der Waals surface area contributed by atoms with E-state index in [1.165, 1.54) is 0 Å². The largest absolute Gasteiger partial charge is 0.381 e. The second-order valence-electron chi connectivity index (χ2n) is 8.65. The molecule has 0 spiro atoms. The number of nitrogens with two attached hydrogens (primary N) is 1. The Kier molecular flexibility index (Phi) is 6.58. The SMILES string of the molecule is CN1CCN(c2ccc(NC(=O)c3c(NC4CCCC(N)C4)cc[nH]c3=O)cc2)CC1. The number of likely N-dealkylation sites (N-methyl/N-ethyl adjacent to an activating group) is 1. The molecule has 0 bridgehead atoms. The summed E-state index contributed by atoms with van der Waals surface area (Å²) in [4.78, 5) is 32.7. The smallest absolute Gasteiger partial charge is 0.263 e. The van der Waals surface area contributed by atoms with Crippen LogP contribution in [0.1, 0.15) is 36.0 Å². The summed E-state index contributed by atoms with van der Waals surface area (Å²) >= 11 is 0. The van der Waals surface area contributed by atoms with Gasteiger partial charge in [0, 0.05) is 55.8 Å². The molecule has 2 fully saturated rings. The van der Waals surface area contributed by atoms with Gasteiger partial charge in [0.1, 0.15) is 5.56 Å². The average molecular weight is 425 g/mol. The van der Waals surface area contributed by atoms with Crippen molar-refractivity contribution in [2.75, 3.05) is 48.8 Å². The van der Waals surface area contributed by atoms with Gasteiger partial charge in [-0.15, -0.1) is 0 Å². The fraction of sp³-hybridized carbons (Fsp3) is 0.478. The van der Waals surface area contributed by atoms with E-state index >= 15 is 0 Å². The Balaban J connectivity index is 1.45. The van der Waals surface area contributed by atoms with Gasteiger partial charge < -0.3 is 31.2 Å². The molecule has 8 nitrogen and oxygen atoms in total. The molecular formula is C23H32N6O2.